The summed E-state index contributed by atoms with van der Waals surface area (Å²) in [5.74, 6) is -1.18. The summed E-state index contributed by atoms with van der Waals surface area (Å²) < 4.78 is 17.7. The highest BCUT2D eigenvalue weighted by Gasteiger charge is 2.65. The maximum absolute atomic E-state index is 12.4. The van der Waals surface area contributed by atoms with Crippen LogP contribution >= 0.6 is 0 Å². The van der Waals surface area contributed by atoms with Crippen molar-refractivity contribution in [3.05, 3.63) is 46.6 Å². The lowest BCUT2D eigenvalue weighted by Crippen LogP contribution is -2.55. The summed E-state index contributed by atoms with van der Waals surface area (Å²) in [6.45, 7) is 13.6. The Balaban J connectivity index is 1.60. The number of cyclic esters (lactones) is 2. The summed E-state index contributed by atoms with van der Waals surface area (Å²) >= 11 is 0. The van der Waals surface area contributed by atoms with Crippen LogP contribution in [0.4, 0.5) is 0 Å². The first-order valence-corrected chi connectivity index (χ1v) is 14.3. The number of aliphatic hydroxyl groups is 1. The first kappa shape index (κ1) is 27.9. The Hall–Kier alpha value is -2.67. The molecule has 0 bridgehead atoms. The first-order chi connectivity index (χ1) is 18.2. The van der Waals surface area contributed by atoms with Crippen molar-refractivity contribution >= 4 is 17.9 Å². The quantitative estimate of drug-likeness (QED) is 0.392. The van der Waals surface area contributed by atoms with E-state index in [1.54, 1.807) is 13.0 Å². The molecule has 0 spiro atoms. The van der Waals surface area contributed by atoms with Crippen LogP contribution in [0.25, 0.3) is 0 Å². The molecule has 7 nitrogen and oxygen atoms in total. The predicted octanol–water partition coefficient (Wildman–Crippen LogP) is 5.14. The Bertz CT molecular complexity index is 1220. The highest BCUT2D eigenvalue weighted by Crippen LogP contribution is 2.69. The molecule has 212 valence electrons. The van der Waals surface area contributed by atoms with Crippen molar-refractivity contribution in [1.29, 1.82) is 0 Å². The largest absolute Gasteiger partial charge is 0.462 e. The Kier molecular flexibility index (Phi) is 6.77. The van der Waals surface area contributed by atoms with Gasteiger partial charge < -0.3 is 19.3 Å². The normalized spacial score (nSPS) is 40.1. The summed E-state index contributed by atoms with van der Waals surface area (Å²) in [4.78, 5) is 37.1. The van der Waals surface area contributed by atoms with Gasteiger partial charge in [0.25, 0.3) is 0 Å². The van der Waals surface area contributed by atoms with Crippen LogP contribution in [0.1, 0.15) is 80.6 Å². The van der Waals surface area contributed by atoms with E-state index in [0.717, 1.165) is 24.0 Å². The molecule has 0 radical (unpaired) electrons. The molecule has 5 aliphatic rings. The summed E-state index contributed by atoms with van der Waals surface area (Å²) in [5, 5.41) is 11.7. The van der Waals surface area contributed by atoms with Crippen molar-refractivity contribution in [2.24, 2.45) is 28.6 Å². The van der Waals surface area contributed by atoms with E-state index in [-0.39, 0.29) is 47.3 Å². The molecule has 39 heavy (non-hydrogen) atoms. The molecule has 0 amide bonds. The van der Waals surface area contributed by atoms with Gasteiger partial charge in [-0.1, -0.05) is 44.6 Å². The van der Waals surface area contributed by atoms with E-state index >= 15 is 0 Å². The summed E-state index contributed by atoms with van der Waals surface area (Å²) in [6, 6.07) is 0. The topological polar surface area (TPSA) is 99.1 Å². The molecule has 0 aromatic heterocycles. The van der Waals surface area contributed by atoms with Gasteiger partial charge in [0, 0.05) is 42.7 Å². The van der Waals surface area contributed by atoms with Crippen molar-refractivity contribution in [2.75, 3.05) is 0 Å². The minimum atomic E-state index is -0.886. The van der Waals surface area contributed by atoms with Crippen LogP contribution in [0.15, 0.2) is 46.6 Å². The standard InChI is InChI=1S/C32H42O7/c1-17-8-10-25(38-29(17)36)18(2)22-12-13-31(6)23-16-24(34)28-20(9-11-27(35)39-30(28,4)5)14-21(23)15-26(32(22,31)7)37-19(3)33/h8-9,11,14,18,22,24-26,28,34H,10,12-13,15-16H2,1-7H3/t18-,22+,24+,25-,26-,28-,31-,32-/m0/s1. The lowest BCUT2D eigenvalue weighted by Gasteiger charge is -2.55. The van der Waals surface area contributed by atoms with Crippen molar-refractivity contribution < 1.29 is 33.7 Å². The van der Waals surface area contributed by atoms with Crippen LogP contribution in [-0.2, 0) is 28.6 Å². The fraction of sp³-hybridized carbons (Fsp3) is 0.656. The number of hydrogen-bond donors (Lipinski definition) is 1. The molecule has 1 saturated carbocycles. The second-order valence-corrected chi connectivity index (χ2v) is 13.2. The number of esters is 3. The maximum atomic E-state index is 12.4. The summed E-state index contributed by atoms with van der Waals surface area (Å²) in [5.41, 5.74) is 2.11. The number of allylic oxidation sites excluding steroid dienone is 2. The molecule has 5 rings (SSSR count). The van der Waals surface area contributed by atoms with Crippen molar-refractivity contribution in [3.63, 3.8) is 0 Å². The molecular formula is C32H42O7. The Morgan fingerprint density at radius 2 is 1.87 bits per heavy atom. The minimum absolute atomic E-state index is 0.0618. The van der Waals surface area contributed by atoms with E-state index in [9.17, 15) is 19.5 Å². The van der Waals surface area contributed by atoms with Crippen LogP contribution in [-0.4, -0.2) is 46.9 Å². The number of rotatable bonds is 3. The highest BCUT2D eigenvalue weighted by atomic mass is 16.6. The van der Waals surface area contributed by atoms with E-state index < -0.39 is 23.1 Å². The number of fused-ring (bicyclic) bond motifs is 3. The van der Waals surface area contributed by atoms with Gasteiger partial charge in [-0.3, -0.25) is 4.79 Å². The van der Waals surface area contributed by atoms with Gasteiger partial charge in [0.05, 0.1) is 6.10 Å². The molecule has 1 N–H and O–H groups in total. The number of ether oxygens (including phenoxy) is 3. The molecule has 0 aromatic carbocycles. The third-order valence-electron chi connectivity index (χ3n) is 10.8. The number of hydrogen-bond acceptors (Lipinski definition) is 7. The summed E-state index contributed by atoms with van der Waals surface area (Å²) in [6.07, 6.45) is 9.35. The third kappa shape index (κ3) is 4.32. The summed E-state index contributed by atoms with van der Waals surface area (Å²) in [7, 11) is 0. The molecule has 8 atom stereocenters. The van der Waals surface area contributed by atoms with Gasteiger partial charge >= 0.3 is 17.9 Å². The van der Waals surface area contributed by atoms with E-state index in [4.69, 9.17) is 14.2 Å². The number of aliphatic hydroxyl groups excluding tert-OH is 1. The predicted molar refractivity (Wildman–Crippen MR) is 145 cm³/mol. The molecule has 0 unspecified atom stereocenters. The number of carbonyl (C=O) groups excluding carboxylic acids is 3. The second-order valence-electron chi connectivity index (χ2n) is 13.2. The van der Waals surface area contributed by atoms with Crippen molar-refractivity contribution in [1.82, 2.24) is 0 Å². The molecular weight excluding hydrogens is 496 g/mol. The lowest BCUT2D eigenvalue weighted by molar-refractivity contribution is -0.168. The first-order valence-electron chi connectivity index (χ1n) is 14.3. The zero-order valence-corrected chi connectivity index (χ0v) is 24.2. The van der Waals surface area contributed by atoms with Crippen LogP contribution in [0.2, 0.25) is 0 Å². The maximum Gasteiger partial charge on any atom is 0.333 e. The average Bonchev–Trinajstić information content (AvgIpc) is 2.95. The average molecular weight is 539 g/mol. The Morgan fingerprint density at radius 1 is 1.15 bits per heavy atom. The zero-order chi connectivity index (χ0) is 28.5. The van der Waals surface area contributed by atoms with Crippen LogP contribution in [0.3, 0.4) is 0 Å². The van der Waals surface area contributed by atoms with Gasteiger partial charge in [-0.15, -0.1) is 0 Å². The van der Waals surface area contributed by atoms with Gasteiger partial charge in [0.1, 0.15) is 17.8 Å². The molecule has 2 aliphatic heterocycles. The van der Waals surface area contributed by atoms with Crippen LogP contribution in [0, 0.1) is 28.6 Å². The fourth-order valence-electron chi connectivity index (χ4n) is 8.67. The SMILES string of the molecule is CC(=O)O[C@H]1CC2=C(C[C@@H](O)[C@@H]3C(=C2)C=CC(=O)OC3(C)C)[C@]2(C)CC[C@H]([C@H](C)[C@@H]3CC=C(C)C(=O)O3)[C@@]12C. The van der Waals surface area contributed by atoms with Gasteiger partial charge in [0.2, 0.25) is 0 Å². The lowest BCUT2D eigenvalue weighted by atomic mass is 9.51. The molecule has 0 saturated heterocycles. The van der Waals surface area contributed by atoms with E-state index in [0.29, 0.717) is 24.8 Å². The number of carbonyl (C=O) groups is 3. The Morgan fingerprint density at radius 3 is 2.54 bits per heavy atom. The smallest absolute Gasteiger partial charge is 0.333 e. The van der Waals surface area contributed by atoms with Crippen molar-refractivity contribution in [3.8, 4) is 0 Å². The fourth-order valence-corrected chi connectivity index (χ4v) is 8.67. The second kappa shape index (κ2) is 9.46. The van der Waals surface area contributed by atoms with Crippen molar-refractivity contribution in [2.45, 2.75) is 104 Å². The van der Waals surface area contributed by atoms with Crippen LogP contribution in [0.5, 0.6) is 0 Å². The minimum Gasteiger partial charge on any atom is -0.462 e. The zero-order valence-electron chi connectivity index (χ0n) is 24.2. The molecule has 3 aliphatic carbocycles. The molecule has 1 fully saturated rings. The van der Waals surface area contributed by atoms with Gasteiger partial charge in [-0.2, -0.15) is 0 Å². The van der Waals surface area contributed by atoms with E-state index in [1.807, 2.05) is 19.9 Å². The van der Waals surface area contributed by atoms with Crippen LogP contribution < -0.4 is 0 Å². The van der Waals surface area contributed by atoms with E-state index in [1.165, 1.54) is 18.6 Å². The van der Waals surface area contributed by atoms with Gasteiger partial charge in [-0.25, -0.2) is 9.59 Å². The van der Waals surface area contributed by atoms with E-state index in [2.05, 4.69) is 26.8 Å². The van der Waals surface area contributed by atoms with Gasteiger partial charge in [-0.05, 0) is 68.4 Å². The highest BCUT2D eigenvalue weighted by molar-refractivity contribution is 5.88. The van der Waals surface area contributed by atoms with Gasteiger partial charge in [0.15, 0.2) is 0 Å². The Labute approximate surface area is 231 Å². The molecule has 7 heteroatoms. The molecule has 2 heterocycles. The molecule has 0 aromatic rings. The monoisotopic (exact) mass is 538 g/mol. The third-order valence-corrected chi connectivity index (χ3v) is 10.8.